The molecular formula is C25H28ClN3O2. The third-order valence-electron chi connectivity index (χ3n) is 5.48. The summed E-state index contributed by atoms with van der Waals surface area (Å²) in [6, 6.07) is 18.4. The van der Waals surface area contributed by atoms with Gasteiger partial charge in [-0.3, -0.25) is 0 Å². The molecule has 1 aliphatic heterocycles. The van der Waals surface area contributed by atoms with Crippen LogP contribution >= 0.6 is 11.6 Å². The standard InChI is InChI=1S/C25H28ClN3O2/c1-25(2,31-24(30)28-15-13-27-14-16-28)12-11-22-17-20-5-3-4-6-23(20)29(22)18-19-7-9-21(26)10-8-19/h3-12,17,27H,13-16,18H2,1-2H3/b12-11+. The molecular weight excluding hydrogens is 410 g/mol. The maximum atomic E-state index is 12.5. The lowest BCUT2D eigenvalue weighted by molar-refractivity contribution is 0.0389. The average molecular weight is 438 g/mol. The summed E-state index contributed by atoms with van der Waals surface area (Å²) in [5.41, 5.74) is 2.67. The Morgan fingerprint density at radius 2 is 1.84 bits per heavy atom. The van der Waals surface area contributed by atoms with Crippen LogP contribution in [0.2, 0.25) is 5.02 Å². The van der Waals surface area contributed by atoms with Gasteiger partial charge < -0.3 is 19.5 Å². The minimum Gasteiger partial charge on any atom is -0.439 e. The minimum atomic E-state index is -0.719. The summed E-state index contributed by atoms with van der Waals surface area (Å²) in [5, 5.41) is 5.15. The summed E-state index contributed by atoms with van der Waals surface area (Å²) in [7, 11) is 0. The number of nitrogens with one attached hydrogen (secondary N) is 1. The highest BCUT2D eigenvalue weighted by Crippen LogP contribution is 2.24. The van der Waals surface area contributed by atoms with Crippen LogP contribution in [0.3, 0.4) is 0 Å². The van der Waals surface area contributed by atoms with Crippen LogP contribution in [0.25, 0.3) is 17.0 Å². The Bertz CT molecular complexity index is 1080. The molecule has 3 aromatic rings. The maximum absolute atomic E-state index is 12.5. The Morgan fingerprint density at radius 1 is 1.13 bits per heavy atom. The number of nitrogens with zero attached hydrogens (tertiary/aromatic N) is 2. The number of carbonyl (C=O) groups excluding carboxylic acids is 1. The summed E-state index contributed by atoms with van der Waals surface area (Å²) in [5.74, 6) is 0. The number of ether oxygens (including phenoxy) is 1. The van der Waals surface area contributed by atoms with Crippen molar-refractivity contribution in [3.63, 3.8) is 0 Å². The lowest BCUT2D eigenvalue weighted by Gasteiger charge is -2.30. The van der Waals surface area contributed by atoms with E-state index in [0.29, 0.717) is 13.1 Å². The summed E-state index contributed by atoms with van der Waals surface area (Å²) in [6.07, 6.45) is 3.73. The molecule has 1 aliphatic rings. The van der Waals surface area contributed by atoms with E-state index in [4.69, 9.17) is 16.3 Å². The molecule has 0 spiro atoms. The predicted octanol–water partition coefficient (Wildman–Crippen LogP) is 5.18. The summed E-state index contributed by atoms with van der Waals surface area (Å²) in [4.78, 5) is 14.3. The zero-order valence-corrected chi connectivity index (χ0v) is 18.7. The molecule has 1 saturated heterocycles. The normalized spacial score (nSPS) is 15.0. The van der Waals surface area contributed by atoms with Gasteiger partial charge in [0.15, 0.2) is 0 Å². The number of hydrogen-bond donors (Lipinski definition) is 1. The molecule has 31 heavy (non-hydrogen) atoms. The molecule has 0 saturated carbocycles. The van der Waals surface area contributed by atoms with Gasteiger partial charge in [-0.05, 0) is 55.8 Å². The Balaban J connectivity index is 1.57. The molecule has 5 nitrogen and oxygen atoms in total. The zero-order valence-electron chi connectivity index (χ0n) is 18.0. The van der Waals surface area contributed by atoms with Crippen LogP contribution in [-0.2, 0) is 11.3 Å². The highest BCUT2D eigenvalue weighted by Gasteiger charge is 2.25. The van der Waals surface area contributed by atoms with Gasteiger partial charge >= 0.3 is 6.09 Å². The van der Waals surface area contributed by atoms with E-state index in [9.17, 15) is 4.79 Å². The molecule has 0 aliphatic carbocycles. The number of amides is 1. The van der Waals surface area contributed by atoms with Crippen LogP contribution < -0.4 is 5.32 Å². The molecule has 1 amide bonds. The van der Waals surface area contributed by atoms with E-state index >= 15 is 0 Å². The monoisotopic (exact) mass is 437 g/mol. The molecule has 4 rings (SSSR count). The Kier molecular flexibility index (Phi) is 6.35. The van der Waals surface area contributed by atoms with Gasteiger partial charge in [-0.25, -0.2) is 4.79 Å². The maximum Gasteiger partial charge on any atom is 0.410 e. The number of aromatic nitrogens is 1. The first kappa shape index (κ1) is 21.5. The summed E-state index contributed by atoms with van der Waals surface area (Å²) >= 11 is 6.05. The van der Waals surface area contributed by atoms with Crippen LogP contribution in [-0.4, -0.2) is 47.3 Å². The van der Waals surface area contributed by atoms with E-state index in [1.165, 1.54) is 10.9 Å². The first-order chi connectivity index (χ1) is 14.9. The third kappa shape index (κ3) is 5.30. The topological polar surface area (TPSA) is 46.5 Å². The van der Waals surface area contributed by atoms with Crippen LogP contribution in [0.15, 0.2) is 60.7 Å². The molecule has 0 atom stereocenters. The number of fused-ring (bicyclic) bond motifs is 1. The Morgan fingerprint density at radius 3 is 2.58 bits per heavy atom. The van der Waals surface area contributed by atoms with Gasteiger partial charge in [0.2, 0.25) is 0 Å². The Labute approximate surface area is 188 Å². The Hall–Kier alpha value is -2.76. The van der Waals surface area contributed by atoms with Crippen LogP contribution in [0.5, 0.6) is 0 Å². The van der Waals surface area contributed by atoms with Crippen molar-refractivity contribution in [2.75, 3.05) is 26.2 Å². The van der Waals surface area contributed by atoms with Gasteiger partial charge in [-0.1, -0.05) is 41.9 Å². The minimum absolute atomic E-state index is 0.266. The van der Waals surface area contributed by atoms with Crippen molar-refractivity contribution in [2.24, 2.45) is 0 Å². The SMILES string of the molecule is CC(C)(/C=C/c1cc2ccccc2n1Cc1ccc(Cl)cc1)OC(=O)N1CCNCC1. The van der Waals surface area contributed by atoms with Crippen LogP contribution in [0.1, 0.15) is 25.1 Å². The first-order valence-electron chi connectivity index (χ1n) is 10.6. The molecule has 0 unspecified atom stereocenters. The van der Waals surface area contributed by atoms with Gasteiger partial charge in [0.25, 0.3) is 0 Å². The highest BCUT2D eigenvalue weighted by atomic mass is 35.5. The first-order valence-corrected chi connectivity index (χ1v) is 11.0. The summed E-state index contributed by atoms with van der Waals surface area (Å²) < 4.78 is 8.06. The third-order valence-corrected chi connectivity index (χ3v) is 5.73. The second-order valence-corrected chi connectivity index (χ2v) is 8.82. The van der Waals surface area contributed by atoms with E-state index in [1.54, 1.807) is 4.90 Å². The molecule has 2 aromatic carbocycles. The highest BCUT2D eigenvalue weighted by molar-refractivity contribution is 6.30. The zero-order chi connectivity index (χ0) is 21.8. The van der Waals surface area contributed by atoms with Gasteiger partial charge in [0.1, 0.15) is 5.60 Å². The molecule has 162 valence electrons. The van der Waals surface area contributed by atoms with Crippen LogP contribution in [0.4, 0.5) is 4.79 Å². The van der Waals surface area contributed by atoms with E-state index in [1.807, 2.05) is 62.4 Å². The lowest BCUT2D eigenvalue weighted by atomic mass is 10.1. The number of carbonyl (C=O) groups is 1. The number of rotatable bonds is 5. The fraction of sp³-hybridized carbons (Fsp3) is 0.320. The van der Waals surface area contributed by atoms with E-state index < -0.39 is 5.60 Å². The second-order valence-electron chi connectivity index (χ2n) is 8.38. The van der Waals surface area contributed by atoms with Gasteiger partial charge in [0, 0.05) is 54.3 Å². The average Bonchev–Trinajstić information content (AvgIpc) is 3.12. The smallest absolute Gasteiger partial charge is 0.410 e. The number of para-hydroxylation sites is 1. The molecule has 0 bridgehead atoms. The van der Waals surface area contributed by atoms with Gasteiger partial charge in [-0.2, -0.15) is 0 Å². The number of benzene rings is 2. The fourth-order valence-corrected chi connectivity index (χ4v) is 3.90. The molecule has 1 fully saturated rings. The number of hydrogen-bond acceptors (Lipinski definition) is 3. The van der Waals surface area contributed by atoms with Crippen molar-refractivity contribution in [1.29, 1.82) is 0 Å². The van der Waals surface area contributed by atoms with Crippen molar-refractivity contribution in [2.45, 2.75) is 26.0 Å². The van der Waals surface area contributed by atoms with Gasteiger partial charge in [-0.15, -0.1) is 0 Å². The largest absolute Gasteiger partial charge is 0.439 e. The fourth-order valence-electron chi connectivity index (χ4n) is 3.78. The van der Waals surface area contributed by atoms with Crippen molar-refractivity contribution in [1.82, 2.24) is 14.8 Å². The number of piperazine rings is 1. The quantitative estimate of drug-likeness (QED) is 0.598. The van der Waals surface area contributed by atoms with Gasteiger partial charge in [0.05, 0.1) is 0 Å². The van der Waals surface area contributed by atoms with Crippen molar-refractivity contribution in [3.05, 3.63) is 77.0 Å². The van der Waals surface area contributed by atoms with Crippen molar-refractivity contribution >= 4 is 34.7 Å². The van der Waals surface area contributed by atoms with Crippen molar-refractivity contribution in [3.8, 4) is 0 Å². The molecule has 1 aromatic heterocycles. The van der Waals surface area contributed by atoms with E-state index in [0.717, 1.165) is 35.9 Å². The van der Waals surface area contributed by atoms with Crippen molar-refractivity contribution < 1.29 is 9.53 Å². The second kappa shape index (κ2) is 9.16. The number of halogens is 1. The predicted molar refractivity (Wildman–Crippen MR) is 127 cm³/mol. The molecule has 2 heterocycles. The molecule has 0 radical (unpaired) electrons. The van der Waals surface area contributed by atoms with Crippen LogP contribution in [0, 0.1) is 0 Å². The summed E-state index contributed by atoms with van der Waals surface area (Å²) in [6.45, 7) is 7.51. The van der Waals surface area contributed by atoms with E-state index in [2.05, 4.69) is 28.1 Å². The molecule has 1 N–H and O–H groups in total. The molecule has 6 heteroatoms. The van der Waals surface area contributed by atoms with E-state index in [-0.39, 0.29) is 6.09 Å². The lowest BCUT2D eigenvalue weighted by Crippen LogP contribution is -2.48.